The zero-order valence-electron chi connectivity index (χ0n) is 14.5. The molecule has 0 unspecified atom stereocenters. The van der Waals surface area contributed by atoms with E-state index in [9.17, 15) is 19.2 Å². The van der Waals surface area contributed by atoms with E-state index in [1.807, 2.05) is 22.6 Å². The highest BCUT2D eigenvalue weighted by Crippen LogP contribution is 2.34. The number of nitrogens with zero attached hydrogens (tertiary/aromatic N) is 2. The largest absolute Gasteiger partial charge is 0.463 e. The Hall–Kier alpha value is -1.80. The van der Waals surface area contributed by atoms with Crippen LogP contribution in [0.1, 0.15) is 27.0 Å². The second-order valence-electron chi connectivity index (χ2n) is 5.60. The minimum absolute atomic E-state index is 0.117. The third-order valence-electron chi connectivity index (χ3n) is 3.49. The Balaban J connectivity index is 2.45. The van der Waals surface area contributed by atoms with Gasteiger partial charge in [0.2, 0.25) is 0 Å². The van der Waals surface area contributed by atoms with Crippen molar-refractivity contribution < 1.29 is 33.3 Å². The summed E-state index contributed by atoms with van der Waals surface area (Å²) < 4.78 is 22.8. The normalized spacial score (nSPS) is 24.3. The van der Waals surface area contributed by atoms with Crippen molar-refractivity contribution in [2.24, 2.45) is 0 Å². The summed E-state index contributed by atoms with van der Waals surface area (Å²) in [7, 11) is 0. The molecule has 1 aromatic heterocycles. The molecule has 0 amide bonds. The summed E-state index contributed by atoms with van der Waals surface area (Å²) in [5.74, 6) is -1.90. The summed E-state index contributed by atoms with van der Waals surface area (Å²) in [4.78, 5) is 50.2. The molecular weight excluding hydrogens is 495 g/mol. The third-order valence-corrected chi connectivity index (χ3v) is 4.96. The molecule has 1 fully saturated rings. The number of rotatable bonds is 5. The highest BCUT2D eigenvalue weighted by molar-refractivity contribution is 14.1. The molecule has 0 aromatic carbocycles. The van der Waals surface area contributed by atoms with Crippen LogP contribution >= 0.6 is 35.2 Å². The zero-order valence-corrected chi connectivity index (χ0v) is 17.5. The van der Waals surface area contributed by atoms with Crippen molar-refractivity contribution in [2.45, 2.75) is 50.3 Å². The molecule has 10 nitrogen and oxygen atoms in total. The molecule has 0 spiro atoms. The molecule has 1 aliphatic rings. The molecule has 1 aromatic rings. The van der Waals surface area contributed by atoms with E-state index in [0.29, 0.717) is 3.57 Å². The summed E-state index contributed by atoms with van der Waals surface area (Å²) in [5.41, 5.74) is -0.725. The molecule has 147 valence electrons. The first-order valence-corrected chi connectivity index (χ1v) is 9.17. The van der Waals surface area contributed by atoms with Gasteiger partial charge >= 0.3 is 23.6 Å². The molecule has 27 heavy (non-hydrogen) atoms. The van der Waals surface area contributed by atoms with Crippen molar-refractivity contribution >= 4 is 53.1 Å². The molecule has 1 aliphatic heterocycles. The van der Waals surface area contributed by atoms with Gasteiger partial charge < -0.3 is 18.9 Å². The maximum atomic E-state index is 12.3. The average molecular weight is 511 g/mol. The van der Waals surface area contributed by atoms with Gasteiger partial charge in [-0.15, -0.1) is 0 Å². The standard InChI is InChI=1S/C15H16IN2O8S/c1-6(19)23-5-10-11(24-7(2)20)12(25-8(3)21)14(26-10)18-4-9(16)13(27)17-15(18)22/h4,10-12,14H,5H2,1-3H3/t10-,11-,12-,14-/m1/s1. The second-order valence-corrected chi connectivity index (χ2v) is 7.15. The molecule has 2 rings (SSSR count). The molecule has 0 saturated carbocycles. The third kappa shape index (κ3) is 5.35. The summed E-state index contributed by atoms with van der Waals surface area (Å²) in [5, 5.41) is 0.117. The van der Waals surface area contributed by atoms with Crippen LogP contribution in [-0.2, 0) is 33.3 Å². The molecule has 1 radical (unpaired) electrons. The molecule has 0 bridgehead atoms. The Labute approximate surface area is 173 Å². The first kappa shape index (κ1) is 21.5. The second kappa shape index (κ2) is 8.93. The van der Waals surface area contributed by atoms with Crippen LogP contribution in [0.2, 0.25) is 0 Å². The highest BCUT2D eigenvalue weighted by atomic mass is 127. The lowest BCUT2D eigenvalue weighted by Gasteiger charge is -2.24. The van der Waals surface area contributed by atoms with Crippen LogP contribution in [0.25, 0.3) is 0 Å². The van der Waals surface area contributed by atoms with Gasteiger partial charge in [-0.2, -0.15) is 4.98 Å². The van der Waals surface area contributed by atoms with Crippen LogP contribution in [0.4, 0.5) is 0 Å². The molecular formula is C15H16IN2O8S. The van der Waals surface area contributed by atoms with Crippen LogP contribution in [0.5, 0.6) is 0 Å². The van der Waals surface area contributed by atoms with E-state index in [4.69, 9.17) is 31.6 Å². The van der Waals surface area contributed by atoms with Gasteiger partial charge in [-0.25, -0.2) is 4.79 Å². The van der Waals surface area contributed by atoms with E-state index < -0.39 is 48.1 Å². The van der Waals surface area contributed by atoms with Gasteiger partial charge in [-0.1, -0.05) is 12.6 Å². The maximum absolute atomic E-state index is 12.3. The fraction of sp³-hybridized carbons (Fsp3) is 0.533. The van der Waals surface area contributed by atoms with Gasteiger partial charge in [0.15, 0.2) is 18.4 Å². The number of ether oxygens (including phenoxy) is 4. The monoisotopic (exact) mass is 511 g/mol. The van der Waals surface area contributed by atoms with Crippen molar-refractivity contribution in [3.63, 3.8) is 0 Å². The smallest absolute Gasteiger partial charge is 0.351 e. The van der Waals surface area contributed by atoms with E-state index in [1.54, 1.807) is 0 Å². The maximum Gasteiger partial charge on any atom is 0.351 e. The lowest BCUT2D eigenvalue weighted by Crippen LogP contribution is -2.42. The Kier molecular flexibility index (Phi) is 7.11. The number of hydrogen-bond donors (Lipinski definition) is 0. The lowest BCUT2D eigenvalue weighted by atomic mass is 10.1. The Bertz CT molecular complexity index is 813. The van der Waals surface area contributed by atoms with Crippen LogP contribution in [-0.4, -0.2) is 52.4 Å². The van der Waals surface area contributed by atoms with Crippen molar-refractivity contribution in [3.05, 3.63) is 20.3 Å². The number of hydrogen-bond acceptors (Lipinski definition) is 9. The van der Waals surface area contributed by atoms with Gasteiger partial charge in [-0.05, 0) is 22.6 Å². The molecule has 1 saturated heterocycles. The number of carbonyl (C=O) groups excluding carboxylic acids is 3. The van der Waals surface area contributed by atoms with Crippen LogP contribution in [0.15, 0.2) is 16.0 Å². The molecule has 12 heteroatoms. The minimum Gasteiger partial charge on any atom is -0.463 e. The Morgan fingerprint density at radius 3 is 2.33 bits per heavy atom. The predicted molar refractivity (Wildman–Crippen MR) is 98.7 cm³/mol. The summed E-state index contributed by atoms with van der Waals surface area (Å²) >= 11 is 6.86. The van der Waals surface area contributed by atoms with Gasteiger partial charge in [0.05, 0.1) is 3.57 Å². The van der Waals surface area contributed by atoms with E-state index in [1.165, 1.54) is 27.0 Å². The number of esters is 3. The van der Waals surface area contributed by atoms with Crippen molar-refractivity contribution in [1.82, 2.24) is 9.55 Å². The Morgan fingerprint density at radius 1 is 1.19 bits per heavy atom. The average Bonchev–Trinajstić information content (AvgIpc) is 2.85. The zero-order chi connectivity index (χ0) is 20.3. The Morgan fingerprint density at radius 2 is 1.78 bits per heavy atom. The topological polar surface area (TPSA) is 123 Å². The van der Waals surface area contributed by atoms with E-state index in [2.05, 4.69) is 4.98 Å². The summed E-state index contributed by atoms with van der Waals surface area (Å²) in [6.45, 7) is 3.28. The summed E-state index contributed by atoms with van der Waals surface area (Å²) in [6.07, 6.45) is -2.96. The minimum atomic E-state index is -1.15. The van der Waals surface area contributed by atoms with E-state index in [-0.39, 0.29) is 11.6 Å². The number of carbonyl (C=O) groups is 3. The highest BCUT2D eigenvalue weighted by Gasteiger charge is 2.51. The first-order valence-electron chi connectivity index (χ1n) is 7.69. The number of halogens is 1. The van der Waals surface area contributed by atoms with Crippen LogP contribution in [0, 0.1) is 3.57 Å². The van der Waals surface area contributed by atoms with Crippen molar-refractivity contribution in [3.8, 4) is 0 Å². The van der Waals surface area contributed by atoms with E-state index >= 15 is 0 Å². The van der Waals surface area contributed by atoms with Gasteiger partial charge in [0.25, 0.3) is 0 Å². The fourth-order valence-corrected chi connectivity index (χ4v) is 3.08. The van der Waals surface area contributed by atoms with Crippen LogP contribution in [0.3, 0.4) is 0 Å². The van der Waals surface area contributed by atoms with Crippen LogP contribution < -0.4 is 5.69 Å². The lowest BCUT2D eigenvalue weighted by molar-refractivity contribution is -0.166. The molecule has 0 N–H and O–H groups in total. The molecule has 4 atom stereocenters. The quantitative estimate of drug-likeness (QED) is 0.244. The summed E-state index contributed by atoms with van der Waals surface area (Å²) in [6, 6.07) is 0. The van der Waals surface area contributed by atoms with Gasteiger partial charge in [-0.3, -0.25) is 19.0 Å². The predicted octanol–water partition coefficient (Wildman–Crippen LogP) is 0.728. The van der Waals surface area contributed by atoms with Gasteiger partial charge in [0, 0.05) is 27.0 Å². The van der Waals surface area contributed by atoms with E-state index in [0.717, 1.165) is 4.57 Å². The van der Waals surface area contributed by atoms with Crippen molar-refractivity contribution in [2.75, 3.05) is 6.61 Å². The van der Waals surface area contributed by atoms with Gasteiger partial charge in [0.1, 0.15) is 17.7 Å². The SMILES string of the molecule is CC(=O)OC[C@H]1O[C@@H](n2cc(I)c([S])nc2=O)[C@H](OC(C)=O)[C@@H]1OC(C)=O. The first-order chi connectivity index (χ1) is 12.6. The fourth-order valence-electron chi connectivity index (χ4n) is 2.53. The molecule has 2 heterocycles. The van der Waals surface area contributed by atoms with Crippen molar-refractivity contribution in [1.29, 1.82) is 0 Å². The number of aromatic nitrogens is 2. The molecule has 0 aliphatic carbocycles.